The smallest absolute Gasteiger partial charge is 0.291 e. The lowest BCUT2D eigenvalue weighted by Gasteiger charge is -1.99. The number of hydrogen-bond donors (Lipinski definition) is 2. The Hall–Kier alpha value is -1.43. The van der Waals surface area contributed by atoms with Crippen LogP contribution in [0.15, 0.2) is 0 Å². The molecule has 1 aromatic heterocycles. The minimum absolute atomic E-state index is 0.216. The van der Waals surface area contributed by atoms with Gasteiger partial charge in [-0.15, -0.1) is 5.10 Å². The summed E-state index contributed by atoms with van der Waals surface area (Å²) >= 11 is 0. The van der Waals surface area contributed by atoms with E-state index in [0.29, 0.717) is 19.1 Å². The Kier molecular flexibility index (Phi) is 2.96. The van der Waals surface area contributed by atoms with Gasteiger partial charge >= 0.3 is 0 Å². The second-order valence-corrected chi connectivity index (χ2v) is 3.57. The quantitative estimate of drug-likeness (QED) is 0.673. The normalized spacial score (nSPS) is 15.3. The lowest BCUT2D eigenvalue weighted by atomic mass is 10.4. The van der Waals surface area contributed by atoms with E-state index in [1.165, 1.54) is 0 Å². The third kappa shape index (κ3) is 2.53. The highest BCUT2D eigenvalue weighted by molar-refractivity contribution is 5.90. The number of H-pyrrole nitrogens is 1. The number of amides is 1. The van der Waals surface area contributed by atoms with Crippen LogP contribution < -0.4 is 5.32 Å². The lowest BCUT2D eigenvalue weighted by molar-refractivity contribution is 0.0927. The Labute approximate surface area is 87.4 Å². The summed E-state index contributed by atoms with van der Waals surface area (Å²) in [4.78, 5) is 15.6. The molecule has 0 bridgehead atoms. The minimum atomic E-state index is -0.254. The maximum atomic E-state index is 11.5. The lowest BCUT2D eigenvalue weighted by Crippen LogP contribution is -2.27. The highest BCUT2D eigenvalue weighted by Crippen LogP contribution is 2.37. The van der Waals surface area contributed by atoms with Crippen LogP contribution in [0.1, 0.15) is 35.2 Å². The standard InChI is InChI=1S/C9H14N4O2/c1-15-5-4-10-9(14)8-11-7(12-13-8)6-2-3-6/h6H,2-5H2,1H3,(H,10,14)(H,11,12,13). The van der Waals surface area contributed by atoms with Crippen LogP contribution in [-0.4, -0.2) is 41.3 Å². The van der Waals surface area contributed by atoms with Gasteiger partial charge in [0.15, 0.2) is 0 Å². The fraction of sp³-hybridized carbons (Fsp3) is 0.667. The largest absolute Gasteiger partial charge is 0.383 e. The zero-order chi connectivity index (χ0) is 10.7. The molecule has 82 valence electrons. The summed E-state index contributed by atoms with van der Waals surface area (Å²) < 4.78 is 4.82. The molecular formula is C9H14N4O2. The SMILES string of the molecule is COCCNC(=O)c1n[nH]c(C2CC2)n1. The van der Waals surface area contributed by atoms with Gasteiger partial charge in [0.1, 0.15) is 5.82 Å². The first-order valence-corrected chi connectivity index (χ1v) is 5.00. The molecule has 1 aromatic rings. The van der Waals surface area contributed by atoms with Gasteiger partial charge in [0.25, 0.3) is 5.91 Å². The van der Waals surface area contributed by atoms with Crippen molar-refractivity contribution >= 4 is 5.91 Å². The summed E-state index contributed by atoms with van der Waals surface area (Å²) in [6.45, 7) is 0.967. The molecule has 0 unspecified atom stereocenters. The van der Waals surface area contributed by atoms with Gasteiger partial charge in [-0.3, -0.25) is 9.89 Å². The van der Waals surface area contributed by atoms with Crippen molar-refractivity contribution in [3.8, 4) is 0 Å². The number of hydrogen-bond acceptors (Lipinski definition) is 4. The summed E-state index contributed by atoms with van der Waals surface area (Å²) in [6.07, 6.45) is 2.28. The number of carbonyl (C=O) groups is 1. The average molecular weight is 210 g/mol. The number of aromatic amines is 1. The van der Waals surface area contributed by atoms with E-state index >= 15 is 0 Å². The Morgan fingerprint density at radius 3 is 3.13 bits per heavy atom. The molecule has 6 heteroatoms. The minimum Gasteiger partial charge on any atom is -0.383 e. The summed E-state index contributed by atoms with van der Waals surface area (Å²) in [5.74, 6) is 1.27. The van der Waals surface area contributed by atoms with Gasteiger partial charge in [-0.2, -0.15) is 0 Å². The van der Waals surface area contributed by atoms with Crippen molar-refractivity contribution in [2.75, 3.05) is 20.3 Å². The van der Waals surface area contributed by atoms with Crippen LogP contribution in [0.2, 0.25) is 0 Å². The molecule has 2 rings (SSSR count). The molecule has 1 aliphatic rings. The van der Waals surface area contributed by atoms with Crippen LogP contribution in [0.5, 0.6) is 0 Å². The first kappa shape index (κ1) is 10.1. The van der Waals surface area contributed by atoms with Crippen LogP contribution in [0, 0.1) is 0 Å². The first-order valence-electron chi connectivity index (χ1n) is 5.00. The van der Waals surface area contributed by atoms with Crippen molar-refractivity contribution in [1.29, 1.82) is 0 Å². The molecule has 6 nitrogen and oxygen atoms in total. The van der Waals surface area contributed by atoms with Crippen LogP contribution in [0.25, 0.3) is 0 Å². The molecule has 0 aromatic carbocycles. The van der Waals surface area contributed by atoms with Crippen LogP contribution in [0.4, 0.5) is 0 Å². The molecule has 1 amide bonds. The summed E-state index contributed by atoms with van der Waals surface area (Å²) in [7, 11) is 1.59. The van der Waals surface area contributed by atoms with E-state index in [-0.39, 0.29) is 11.7 Å². The van der Waals surface area contributed by atoms with Gasteiger partial charge in [0.2, 0.25) is 5.82 Å². The average Bonchev–Trinajstić information content (AvgIpc) is 2.97. The molecule has 0 saturated heterocycles. The van der Waals surface area contributed by atoms with Gasteiger partial charge in [0, 0.05) is 19.6 Å². The molecule has 2 N–H and O–H groups in total. The summed E-state index contributed by atoms with van der Waals surface area (Å²) in [5.41, 5.74) is 0. The van der Waals surface area contributed by atoms with Gasteiger partial charge in [-0.25, -0.2) is 4.98 Å². The number of rotatable bonds is 5. The Morgan fingerprint density at radius 2 is 2.47 bits per heavy atom. The van der Waals surface area contributed by atoms with Crippen LogP contribution >= 0.6 is 0 Å². The summed E-state index contributed by atoms with van der Waals surface area (Å²) in [6, 6.07) is 0. The van der Waals surface area contributed by atoms with Gasteiger partial charge in [-0.1, -0.05) is 0 Å². The van der Waals surface area contributed by atoms with Crippen molar-refractivity contribution in [3.05, 3.63) is 11.6 Å². The van der Waals surface area contributed by atoms with Crippen LogP contribution in [0.3, 0.4) is 0 Å². The molecule has 1 heterocycles. The van der Waals surface area contributed by atoms with Crippen LogP contribution in [-0.2, 0) is 4.74 Å². The number of nitrogens with zero attached hydrogens (tertiary/aromatic N) is 2. The monoisotopic (exact) mass is 210 g/mol. The highest BCUT2D eigenvalue weighted by Gasteiger charge is 2.28. The maximum Gasteiger partial charge on any atom is 0.291 e. The van der Waals surface area contributed by atoms with E-state index in [0.717, 1.165) is 18.7 Å². The summed E-state index contributed by atoms with van der Waals surface area (Å²) in [5, 5.41) is 9.32. The van der Waals surface area contributed by atoms with Crippen molar-refractivity contribution in [1.82, 2.24) is 20.5 Å². The molecule has 0 radical (unpaired) electrons. The molecule has 15 heavy (non-hydrogen) atoms. The van der Waals surface area contributed by atoms with Crippen molar-refractivity contribution in [2.45, 2.75) is 18.8 Å². The number of nitrogens with one attached hydrogen (secondary N) is 2. The van der Waals surface area contributed by atoms with E-state index in [9.17, 15) is 4.79 Å². The zero-order valence-electron chi connectivity index (χ0n) is 8.62. The molecule has 0 atom stereocenters. The number of carbonyl (C=O) groups excluding carboxylic acids is 1. The highest BCUT2D eigenvalue weighted by atomic mass is 16.5. The second kappa shape index (κ2) is 4.39. The fourth-order valence-electron chi connectivity index (χ4n) is 1.26. The maximum absolute atomic E-state index is 11.5. The number of aromatic nitrogens is 3. The van der Waals surface area contributed by atoms with E-state index in [1.54, 1.807) is 7.11 Å². The molecule has 1 saturated carbocycles. The fourth-order valence-corrected chi connectivity index (χ4v) is 1.26. The topological polar surface area (TPSA) is 79.9 Å². The van der Waals surface area contributed by atoms with E-state index in [1.807, 2.05) is 0 Å². The Morgan fingerprint density at radius 1 is 1.67 bits per heavy atom. The van der Waals surface area contributed by atoms with E-state index < -0.39 is 0 Å². The third-order valence-corrected chi connectivity index (χ3v) is 2.26. The van der Waals surface area contributed by atoms with Gasteiger partial charge < -0.3 is 10.1 Å². The van der Waals surface area contributed by atoms with Crippen molar-refractivity contribution < 1.29 is 9.53 Å². The second-order valence-electron chi connectivity index (χ2n) is 3.57. The van der Waals surface area contributed by atoms with Gasteiger partial charge in [-0.05, 0) is 12.8 Å². The predicted octanol–water partition coefficient (Wildman–Crippen LogP) is 0.0583. The molecule has 0 spiro atoms. The third-order valence-electron chi connectivity index (χ3n) is 2.26. The Bertz CT molecular complexity index is 346. The number of ether oxygens (including phenoxy) is 1. The van der Waals surface area contributed by atoms with Gasteiger partial charge in [0.05, 0.1) is 6.61 Å². The van der Waals surface area contributed by atoms with Crippen molar-refractivity contribution in [2.24, 2.45) is 0 Å². The first-order chi connectivity index (χ1) is 7.31. The zero-order valence-corrected chi connectivity index (χ0v) is 8.62. The predicted molar refractivity (Wildman–Crippen MR) is 52.6 cm³/mol. The number of methoxy groups -OCH3 is 1. The molecule has 1 aliphatic carbocycles. The van der Waals surface area contributed by atoms with Crippen molar-refractivity contribution in [3.63, 3.8) is 0 Å². The van der Waals surface area contributed by atoms with E-state index in [2.05, 4.69) is 20.5 Å². The molecule has 1 fully saturated rings. The molecule has 0 aliphatic heterocycles. The molecular weight excluding hydrogens is 196 g/mol. The van der Waals surface area contributed by atoms with E-state index in [4.69, 9.17) is 4.74 Å². The Balaban J connectivity index is 1.87.